The van der Waals surface area contributed by atoms with Crippen molar-refractivity contribution in [2.75, 3.05) is 11.5 Å². The van der Waals surface area contributed by atoms with Gasteiger partial charge in [-0.2, -0.15) is 15.0 Å². The molecule has 72 valence electrons. The van der Waals surface area contributed by atoms with Crippen LogP contribution in [0.4, 0.5) is 11.9 Å². The monoisotopic (exact) mass is 208 g/mol. The summed E-state index contributed by atoms with van der Waals surface area (Å²) in [7, 11) is 0. The van der Waals surface area contributed by atoms with E-state index >= 15 is 0 Å². The van der Waals surface area contributed by atoms with Crippen LogP contribution in [0.3, 0.4) is 0 Å². The highest BCUT2D eigenvalue weighted by atomic mass is 32.1. The highest BCUT2D eigenvalue weighted by Gasteiger charge is 2.09. The fourth-order valence-electron chi connectivity index (χ4n) is 1.03. The minimum Gasteiger partial charge on any atom is -0.368 e. The molecule has 6 nitrogen and oxygen atoms in total. The molecule has 0 amide bonds. The van der Waals surface area contributed by atoms with Crippen molar-refractivity contribution in [3.8, 4) is 10.7 Å². The SMILES string of the molecule is Cc1ncsc1-c1nc(N)nc(N)n1. The maximum atomic E-state index is 5.46. The molecule has 0 radical (unpaired) electrons. The molecule has 0 atom stereocenters. The molecule has 0 aliphatic carbocycles. The minimum absolute atomic E-state index is 0.125. The summed E-state index contributed by atoms with van der Waals surface area (Å²) in [5.41, 5.74) is 13.5. The van der Waals surface area contributed by atoms with Crippen LogP contribution in [0.15, 0.2) is 5.51 Å². The van der Waals surface area contributed by atoms with Gasteiger partial charge in [0.15, 0.2) is 5.82 Å². The van der Waals surface area contributed by atoms with Crippen LogP contribution in [0, 0.1) is 6.92 Å². The predicted molar refractivity (Wildman–Crippen MR) is 54.5 cm³/mol. The van der Waals surface area contributed by atoms with Crippen LogP contribution in [0.2, 0.25) is 0 Å². The van der Waals surface area contributed by atoms with E-state index in [1.165, 1.54) is 11.3 Å². The van der Waals surface area contributed by atoms with Gasteiger partial charge in [0.1, 0.15) is 0 Å². The molecular formula is C7H8N6S. The Kier molecular flexibility index (Phi) is 2.01. The molecule has 0 unspecified atom stereocenters. The summed E-state index contributed by atoms with van der Waals surface area (Å²) in [6.45, 7) is 1.88. The zero-order valence-electron chi connectivity index (χ0n) is 7.43. The van der Waals surface area contributed by atoms with Gasteiger partial charge < -0.3 is 11.5 Å². The first-order valence-electron chi connectivity index (χ1n) is 3.84. The van der Waals surface area contributed by atoms with Crippen molar-refractivity contribution in [2.24, 2.45) is 0 Å². The van der Waals surface area contributed by atoms with Crippen LogP contribution in [-0.2, 0) is 0 Å². The number of anilines is 2. The molecule has 14 heavy (non-hydrogen) atoms. The fraction of sp³-hybridized carbons (Fsp3) is 0.143. The molecule has 0 saturated carbocycles. The maximum Gasteiger partial charge on any atom is 0.225 e. The number of nitrogen functional groups attached to an aromatic ring is 2. The third-order valence-corrected chi connectivity index (χ3v) is 2.54. The van der Waals surface area contributed by atoms with Gasteiger partial charge in [-0.1, -0.05) is 0 Å². The van der Waals surface area contributed by atoms with E-state index in [-0.39, 0.29) is 11.9 Å². The number of hydrogen-bond acceptors (Lipinski definition) is 7. The molecule has 7 heteroatoms. The quantitative estimate of drug-likeness (QED) is 0.705. The summed E-state index contributed by atoms with van der Waals surface area (Å²) in [5.74, 6) is 0.732. The predicted octanol–water partition coefficient (Wildman–Crippen LogP) is 0.468. The molecule has 4 N–H and O–H groups in total. The van der Waals surface area contributed by atoms with Gasteiger partial charge in [-0.05, 0) is 6.92 Å². The third kappa shape index (κ3) is 1.49. The summed E-state index contributed by atoms with van der Waals surface area (Å²) in [5, 5.41) is 0. The van der Waals surface area contributed by atoms with Crippen LogP contribution in [0.5, 0.6) is 0 Å². The Bertz CT molecular complexity index is 445. The van der Waals surface area contributed by atoms with Crippen molar-refractivity contribution in [3.05, 3.63) is 11.2 Å². The molecule has 0 bridgehead atoms. The Morgan fingerprint density at radius 1 is 1.14 bits per heavy atom. The van der Waals surface area contributed by atoms with Crippen molar-refractivity contribution in [1.29, 1.82) is 0 Å². The Morgan fingerprint density at radius 2 is 1.79 bits per heavy atom. The van der Waals surface area contributed by atoms with Gasteiger partial charge in [0.05, 0.1) is 16.1 Å². The number of aryl methyl sites for hydroxylation is 1. The summed E-state index contributed by atoms with van der Waals surface area (Å²) in [4.78, 5) is 16.6. The number of hydrogen-bond donors (Lipinski definition) is 2. The van der Waals surface area contributed by atoms with Crippen molar-refractivity contribution in [3.63, 3.8) is 0 Å². The summed E-state index contributed by atoms with van der Waals surface area (Å²) < 4.78 is 0. The first-order chi connectivity index (χ1) is 6.66. The number of rotatable bonds is 1. The summed E-state index contributed by atoms with van der Waals surface area (Å²) in [6, 6.07) is 0. The summed E-state index contributed by atoms with van der Waals surface area (Å²) in [6.07, 6.45) is 0. The molecule has 0 aliphatic rings. The first kappa shape index (κ1) is 8.82. The van der Waals surface area contributed by atoms with E-state index in [0.29, 0.717) is 5.82 Å². The van der Waals surface area contributed by atoms with E-state index < -0.39 is 0 Å². The average molecular weight is 208 g/mol. The van der Waals surface area contributed by atoms with Gasteiger partial charge in [-0.25, -0.2) is 4.98 Å². The van der Waals surface area contributed by atoms with Crippen molar-refractivity contribution >= 4 is 23.2 Å². The van der Waals surface area contributed by atoms with E-state index in [1.807, 2.05) is 6.92 Å². The molecule has 2 aromatic rings. The third-order valence-electron chi connectivity index (χ3n) is 1.62. The van der Waals surface area contributed by atoms with Gasteiger partial charge in [-0.15, -0.1) is 11.3 Å². The molecule has 2 aromatic heterocycles. The van der Waals surface area contributed by atoms with Crippen LogP contribution in [0.1, 0.15) is 5.69 Å². The lowest BCUT2D eigenvalue weighted by Gasteiger charge is -1.99. The van der Waals surface area contributed by atoms with Gasteiger partial charge in [0, 0.05) is 0 Å². The number of thiazole rings is 1. The molecule has 0 aliphatic heterocycles. The Labute approximate surface area is 84.1 Å². The molecule has 0 spiro atoms. The maximum absolute atomic E-state index is 5.46. The van der Waals surface area contributed by atoms with Gasteiger partial charge in [0.2, 0.25) is 11.9 Å². The minimum atomic E-state index is 0.125. The normalized spacial score (nSPS) is 10.4. The van der Waals surface area contributed by atoms with Gasteiger partial charge in [-0.3, -0.25) is 0 Å². The standard InChI is InChI=1S/C7H8N6S/c1-3-4(14-2-10-3)5-11-6(8)13-7(9)12-5/h2H,1H3,(H4,8,9,11,12,13). The lowest BCUT2D eigenvalue weighted by atomic mass is 10.4. The van der Waals surface area contributed by atoms with Crippen LogP contribution < -0.4 is 11.5 Å². The van der Waals surface area contributed by atoms with Gasteiger partial charge >= 0.3 is 0 Å². The van der Waals surface area contributed by atoms with Crippen LogP contribution >= 0.6 is 11.3 Å². The van der Waals surface area contributed by atoms with Crippen molar-refractivity contribution < 1.29 is 0 Å². The molecular weight excluding hydrogens is 200 g/mol. The zero-order chi connectivity index (χ0) is 10.1. The molecule has 0 fully saturated rings. The largest absolute Gasteiger partial charge is 0.368 e. The molecule has 2 heterocycles. The van der Waals surface area contributed by atoms with Crippen LogP contribution in [0.25, 0.3) is 10.7 Å². The topological polar surface area (TPSA) is 104 Å². The smallest absolute Gasteiger partial charge is 0.225 e. The van der Waals surface area contributed by atoms with E-state index in [1.54, 1.807) is 5.51 Å². The number of nitrogens with zero attached hydrogens (tertiary/aromatic N) is 4. The van der Waals surface area contributed by atoms with E-state index in [9.17, 15) is 0 Å². The second-order valence-electron chi connectivity index (χ2n) is 2.64. The lowest BCUT2D eigenvalue weighted by Crippen LogP contribution is -2.04. The van der Waals surface area contributed by atoms with E-state index in [2.05, 4.69) is 19.9 Å². The average Bonchev–Trinajstić information content (AvgIpc) is 2.49. The van der Waals surface area contributed by atoms with Crippen molar-refractivity contribution in [1.82, 2.24) is 19.9 Å². The van der Waals surface area contributed by atoms with Crippen molar-refractivity contribution in [2.45, 2.75) is 6.92 Å². The Morgan fingerprint density at radius 3 is 2.29 bits per heavy atom. The highest BCUT2D eigenvalue weighted by molar-refractivity contribution is 7.13. The Balaban J connectivity index is 2.57. The Hall–Kier alpha value is -1.76. The molecule has 0 aromatic carbocycles. The van der Waals surface area contributed by atoms with Gasteiger partial charge in [0.25, 0.3) is 0 Å². The highest BCUT2D eigenvalue weighted by Crippen LogP contribution is 2.24. The second kappa shape index (κ2) is 3.18. The second-order valence-corrected chi connectivity index (χ2v) is 3.50. The first-order valence-corrected chi connectivity index (χ1v) is 4.72. The molecule has 2 rings (SSSR count). The summed E-state index contributed by atoms with van der Waals surface area (Å²) >= 11 is 1.45. The fourth-order valence-corrected chi connectivity index (χ4v) is 1.76. The number of nitrogens with two attached hydrogens (primary N) is 2. The lowest BCUT2D eigenvalue weighted by molar-refractivity contribution is 1.08. The van der Waals surface area contributed by atoms with E-state index in [4.69, 9.17) is 11.5 Å². The van der Waals surface area contributed by atoms with Crippen LogP contribution in [-0.4, -0.2) is 19.9 Å². The van der Waals surface area contributed by atoms with E-state index in [0.717, 1.165) is 10.6 Å². The molecule has 0 saturated heterocycles. The zero-order valence-corrected chi connectivity index (χ0v) is 8.25. The number of aromatic nitrogens is 4.